The van der Waals surface area contributed by atoms with Crippen LogP contribution in [0.1, 0.15) is 18.1 Å². The molecule has 0 fully saturated rings. The molecule has 0 aliphatic carbocycles. The molecule has 1 N–H and O–H groups in total. The van der Waals surface area contributed by atoms with Gasteiger partial charge in [0.2, 0.25) is 0 Å². The normalized spacial score (nSPS) is 11.8. The Morgan fingerprint density at radius 2 is 1.85 bits per heavy atom. The Morgan fingerprint density at radius 1 is 1.10 bits per heavy atom. The van der Waals surface area contributed by atoms with Gasteiger partial charge in [-0.3, -0.25) is 0 Å². The van der Waals surface area contributed by atoms with Gasteiger partial charge in [0.1, 0.15) is 5.52 Å². The summed E-state index contributed by atoms with van der Waals surface area (Å²) in [5, 5.41) is 4.30. The highest BCUT2D eigenvalue weighted by molar-refractivity contribution is 5.99. The number of para-hydroxylation sites is 2. The molecule has 4 nitrogen and oxygen atoms in total. The van der Waals surface area contributed by atoms with Gasteiger partial charge in [-0.05, 0) is 31.5 Å². The van der Waals surface area contributed by atoms with Crippen molar-refractivity contribution in [2.45, 2.75) is 13.8 Å². The number of oxazole rings is 1. The van der Waals surface area contributed by atoms with Crippen molar-refractivity contribution < 1.29 is 4.42 Å². The summed E-state index contributed by atoms with van der Waals surface area (Å²) in [7, 11) is 0. The number of anilines is 1. The Labute approximate surface area is 117 Å². The molecule has 3 rings (SSSR count). The molecule has 0 aliphatic rings. The lowest BCUT2D eigenvalue weighted by Crippen LogP contribution is -1.99. The summed E-state index contributed by atoms with van der Waals surface area (Å²) in [6.45, 7) is 4.01. The Balaban J connectivity index is 1.80. The average Bonchev–Trinajstić information content (AvgIpc) is 2.88. The van der Waals surface area contributed by atoms with Crippen LogP contribution in [0.2, 0.25) is 0 Å². The number of fused-ring (bicyclic) bond motifs is 1. The topological polar surface area (TPSA) is 50.4 Å². The van der Waals surface area contributed by atoms with Crippen molar-refractivity contribution in [3.8, 4) is 0 Å². The number of aryl methyl sites for hydroxylation is 1. The predicted octanol–water partition coefficient (Wildman–Crippen LogP) is 3.97. The van der Waals surface area contributed by atoms with Gasteiger partial charge in [0.25, 0.3) is 0 Å². The molecule has 100 valence electrons. The molecule has 0 bridgehead atoms. The standard InChI is InChI=1S/C16H15N3O/c1-11-7-9-13(10-8-11)12(2)18-19-16-17-14-5-3-4-6-15(14)20-16/h3-10H,1-2H3,(H,17,19)/b18-12+. The van der Waals surface area contributed by atoms with Gasteiger partial charge in [-0.15, -0.1) is 0 Å². The lowest BCUT2D eigenvalue weighted by atomic mass is 10.1. The third-order valence-electron chi connectivity index (χ3n) is 3.08. The van der Waals surface area contributed by atoms with E-state index < -0.39 is 0 Å². The summed E-state index contributed by atoms with van der Waals surface area (Å²) in [5.41, 5.74) is 7.60. The number of rotatable bonds is 3. The van der Waals surface area contributed by atoms with Gasteiger partial charge < -0.3 is 4.42 Å². The molecule has 0 spiro atoms. The molecule has 0 unspecified atom stereocenters. The van der Waals surface area contributed by atoms with E-state index in [2.05, 4.69) is 34.6 Å². The van der Waals surface area contributed by atoms with Crippen molar-refractivity contribution in [2.24, 2.45) is 5.10 Å². The van der Waals surface area contributed by atoms with Crippen LogP contribution in [0, 0.1) is 6.92 Å². The van der Waals surface area contributed by atoms with Crippen molar-refractivity contribution in [1.82, 2.24) is 4.98 Å². The number of hydrogen-bond acceptors (Lipinski definition) is 4. The number of hydrogen-bond donors (Lipinski definition) is 1. The van der Waals surface area contributed by atoms with Gasteiger partial charge in [-0.25, -0.2) is 5.43 Å². The van der Waals surface area contributed by atoms with E-state index >= 15 is 0 Å². The molecule has 0 aliphatic heterocycles. The quantitative estimate of drug-likeness (QED) is 0.575. The van der Waals surface area contributed by atoms with Gasteiger partial charge in [0.05, 0.1) is 5.71 Å². The molecule has 2 aromatic carbocycles. The zero-order valence-corrected chi connectivity index (χ0v) is 11.4. The summed E-state index contributed by atoms with van der Waals surface area (Å²) in [4.78, 5) is 4.31. The lowest BCUT2D eigenvalue weighted by molar-refractivity contribution is 0.617. The zero-order valence-electron chi connectivity index (χ0n) is 11.4. The van der Waals surface area contributed by atoms with Crippen LogP contribution in [0.3, 0.4) is 0 Å². The highest BCUT2D eigenvalue weighted by Gasteiger charge is 2.03. The second kappa shape index (κ2) is 5.17. The zero-order chi connectivity index (χ0) is 13.9. The fraction of sp³-hybridized carbons (Fsp3) is 0.125. The van der Waals surface area contributed by atoms with Gasteiger partial charge >= 0.3 is 6.01 Å². The highest BCUT2D eigenvalue weighted by atomic mass is 16.4. The van der Waals surface area contributed by atoms with Crippen LogP contribution < -0.4 is 5.43 Å². The highest BCUT2D eigenvalue weighted by Crippen LogP contribution is 2.18. The van der Waals surface area contributed by atoms with Gasteiger partial charge in [0.15, 0.2) is 5.58 Å². The number of aromatic nitrogens is 1. The first kappa shape index (κ1) is 12.4. The van der Waals surface area contributed by atoms with E-state index in [4.69, 9.17) is 4.42 Å². The van der Waals surface area contributed by atoms with Crippen LogP contribution >= 0.6 is 0 Å². The average molecular weight is 265 g/mol. The van der Waals surface area contributed by atoms with Gasteiger partial charge in [0, 0.05) is 0 Å². The van der Waals surface area contributed by atoms with Crippen LogP contribution in [-0.2, 0) is 0 Å². The predicted molar refractivity (Wildman–Crippen MR) is 81.0 cm³/mol. The Hall–Kier alpha value is -2.62. The van der Waals surface area contributed by atoms with E-state index in [-0.39, 0.29) is 0 Å². The summed E-state index contributed by atoms with van der Waals surface area (Å²) < 4.78 is 5.54. The maximum Gasteiger partial charge on any atom is 0.316 e. The summed E-state index contributed by atoms with van der Waals surface area (Å²) in [6, 6.07) is 16.2. The second-order valence-electron chi connectivity index (χ2n) is 4.66. The Kier molecular flexibility index (Phi) is 3.21. The van der Waals surface area contributed by atoms with E-state index in [0.717, 1.165) is 22.4 Å². The minimum atomic E-state index is 0.401. The number of nitrogens with zero attached hydrogens (tertiary/aromatic N) is 2. The molecule has 1 heterocycles. The molecular weight excluding hydrogens is 250 g/mol. The SMILES string of the molecule is C/C(=N\Nc1nc2ccccc2o1)c1ccc(C)cc1. The molecule has 1 aromatic heterocycles. The van der Waals surface area contributed by atoms with Crippen LogP contribution in [0.25, 0.3) is 11.1 Å². The minimum absolute atomic E-state index is 0.401. The number of benzene rings is 2. The first-order valence-corrected chi connectivity index (χ1v) is 6.45. The van der Waals surface area contributed by atoms with Crippen LogP contribution in [0.15, 0.2) is 58.0 Å². The Bertz CT molecular complexity index is 724. The molecule has 0 radical (unpaired) electrons. The van der Waals surface area contributed by atoms with E-state index in [0.29, 0.717) is 6.01 Å². The van der Waals surface area contributed by atoms with E-state index in [1.54, 1.807) is 0 Å². The first-order valence-electron chi connectivity index (χ1n) is 6.45. The third-order valence-corrected chi connectivity index (χ3v) is 3.08. The molecule has 4 heteroatoms. The van der Waals surface area contributed by atoms with E-state index in [9.17, 15) is 0 Å². The van der Waals surface area contributed by atoms with E-state index in [1.807, 2.05) is 43.3 Å². The van der Waals surface area contributed by atoms with Crippen molar-refractivity contribution in [3.05, 3.63) is 59.7 Å². The molecule has 0 amide bonds. The van der Waals surface area contributed by atoms with Crippen molar-refractivity contribution in [1.29, 1.82) is 0 Å². The van der Waals surface area contributed by atoms with Gasteiger partial charge in [-0.2, -0.15) is 10.1 Å². The first-order chi connectivity index (χ1) is 9.72. The second-order valence-corrected chi connectivity index (χ2v) is 4.66. The molecule has 0 atom stereocenters. The molecular formula is C16H15N3O. The smallest absolute Gasteiger partial charge is 0.316 e. The third kappa shape index (κ3) is 2.54. The summed E-state index contributed by atoms with van der Waals surface area (Å²) in [6.07, 6.45) is 0. The number of hydrazone groups is 1. The minimum Gasteiger partial charge on any atom is -0.422 e. The Morgan fingerprint density at radius 3 is 2.60 bits per heavy atom. The van der Waals surface area contributed by atoms with Gasteiger partial charge in [-0.1, -0.05) is 42.0 Å². The number of nitrogens with one attached hydrogen (secondary N) is 1. The van der Waals surface area contributed by atoms with Crippen LogP contribution in [0.4, 0.5) is 6.01 Å². The largest absolute Gasteiger partial charge is 0.422 e. The fourth-order valence-electron chi connectivity index (χ4n) is 1.91. The van der Waals surface area contributed by atoms with Crippen molar-refractivity contribution in [3.63, 3.8) is 0 Å². The molecule has 0 saturated heterocycles. The summed E-state index contributed by atoms with van der Waals surface area (Å²) >= 11 is 0. The van der Waals surface area contributed by atoms with Crippen molar-refractivity contribution >= 4 is 22.8 Å². The van der Waals surface area contributed by atoms with Crippen molar-refractivity contribution in [2.75, 3.05) is 5.43 Å². The van der Waals surface area contributed by atoms with Crippen LogP contribution in [0.5, 0.6) is 0 Å². The van der Waals surface area contributed by atoms with E-state index in [1.165, 1.54) is 5.56 Å². The summed E-state index contributed by atoms with van der Waals surface area (Å²) in [5.74, 6) is 0. The maximum atomic E-state index is 5.54. The maximum absolute atomic E-state index is 5.54. The van der Waals surface area contributed by atoms with Crippen LogP contribution in [-0.4, -0.2) is 10.7 Å². The molecule has 0 saturated carbocycles. The monoisotopic (exact) mass is 265 g/mol. The lowest BCUT2D eigenvalue weighted by Gasteiger charge is -2.01. The molecule has 20 heavy (non-hydrogen) atoms. The molecule has 3 aromatic rings. The fourth-order valence-corrected chi connectivity index (χ4v) is 1.91.